The molecule has 0 aliphatic heterocycles. The molecule has 26 heavy (non-hydrogen) atoms. The van der Waals surface area contributed by atoms with E-state index < -0.39 is 0 Å². The van der Waals surface area contributed by atoms with Crippen LogP contribution in [0.3, 0.4) is 0 Å². The predicted molar refractivity (Wildman–Crippen MR) is 105 cm³/mol. The normalized spacial score (nSPS) is 11.8. The standard InChI is InChI=1S/C20H30N4O2/c1-21-20(22-10-6-11-25-16-19-9-5-12-26-19)23-14-17-7-4-8-18(13-17)15-24(2)3/h4-5,7-9,12-13H,6,10-11,14-16H2,1-3H3,(H2,21,22,23). The molecule has 0 atom stereocenters. The highest BCUT2D eigenvalue weighted by molar-refractivity contribution is 5.79. The van der Waals surface area contributed by atoms with Gasteiger partial charge >= 0.3 is 0 Å². The number of nitrogens with one attached hydrogen (secondary N) is 2. The lowest BCUT2D eigenvalue weighted by Gasteiger charge is -2.14. The lowest BCUT2D eigenvalue weighted by molar-refractivity contribution is 0.105. The fourth-order valence-electron chi connectivity index (χ4n) is 2.56. The average molecular weight is 358 g/mol. The van der Waals surface area contributed by atoms with Crippen LogP contribution in [0, 0.1) is 0 Å². The van der Waals surface area contributed by atoms with Gasteiger partial charge in [-0.3, -0.25) is 4.99 Å². The maximum Gasteiger partial charge on any atom is 0.191 e. The second kappa shape index (κ2) is 11.3. The van der Waals surface area contributed by atoms with Gasteiger partial charge in [-0.2, -0.15) is 0 Å². The van der Waals surface area contributed by atoms with Crippen LogP contribution >= 0.6 is 0 Å². The van der Waals surface area contributed by atoms with Crippen LogP contribution in [0.1, 0.15) is 23.3 Å². The molecule has 0 amide bonds. The molecule has 2 N–H and O–H groups in total. The summed E-state index contributed by atoms with van der Waals surface area (Å²) in [6.45, 7) is 3.69. The van der Waals surface area contributed by atoms with Crippen molar-refractivity contribution in [3.63, 3.8) is 0 Å². The van der Waals surface area contributed by atoms with E-state index >= 15 is 0 Å². The van der Waals surface area contributed by atoms with Gasteiger partial charge in [-0.1, -0.05) is 24.3 Å². The van der Waals surface area contributed by atoms with Crippen LogP contribution < -0.4 is 10.6 Å². The maximum absolute atomic E-state index is 5.57. The van der Waals surface area contributed by atoms with Gasteiger partial charge in [-0.15, -0.1) is 0 Å². The molecule has 6 heteroatoms. The molecule has 1 heterocycles. The monoisotopic (exact) mass is 358 g/mol. The smallest absolute Gasteiger partial charge is 0.191 e. The van der Waals surface area contributed by atoms with E-state index in [1.165, 1.54) is 11.1 Å². The third kappa shape index (κ3) is 7.72. The van der Waals surface area contributed by atoms with Gasteiger partial charge in [0.1, 0.15) is 12.4 Å². The third-order valence-corrected chi connectivity index (χ3v) is 3.76. The first kappa shape index (κ1) is 20.0. The van der Waals surface area contributed by atoms with Crippen LogP contribution in [0.2, 0.25) is 0 Å². The molecule has 2 rings (SSSR count). The van der Waals surface area contributed by atoms with Crippen LogP contribution in [0.25, 0.3) is 0 Å². The molecule has 0 unspecified atom stereocenters. The topological polar surface area (TPSA) is 62.0 Å². The van der Waals surface area contributed by atoms with Gasteiger partial charge in [0.2, 0.25) is 0 Å². The zero-order valence-corrected chi connectivity index (χ0v) is 16.0. The summed E-state index contributed by atoms with van der Waals surface area (Å²) < 4.78 is 10.8. The van der Waals surface area contributed by atoms with Crippen molar-refractivity contribution < 1.29 is 9.15 Å². The van der Waals surface area contributed by atoms with Crippen LogP contribution in [-0.4, -0.2) is 45.2 Å². The minimum absolute atomic E-state index is 0.517. The van der Waals surface area contributed by atoms with Crippen molar-refractivity contribution in [3.8, 4) is 0 Å². The Balaban J connectivity index is 1.63. The molecule has 0 saturated heterocycles. The summed E-state index contributed by atoms with van der Waals surface area (Å²) >= 11 is 0. The Kier molecular flexibility index (Phi) is 8.72. The molecule has 0 aliphatic rings. The molecule has 0 fully saturated rings. The highest BCUT2D eigenvalue weighted by Crippen LogP contribution is 2.07. The Morgan fingerprint density at radius 3 is 2.73 bits per heavy atom. The van der Waals surface area contributed by atoms with Crippen molar-refractivity contribution in [2.75, 3.05) is 34.3 Å². The van der Waals surface area contributed by atoms with E-state index in [1.54, 1.807) is 13.3 Å². The molecule has 2 aromatic rings. The number of guanidine groups is 1. The number of hydrogen-bond acceptors (Lipinski definition) is 4. The molecule has 1 aromatic heterocycles. The van der Waals surface area contributed by atoms with Gasteiger partial charge in [0.15, 0.2) is 5.96 Å². The van der Waals surface area contributed by atoms with E-state index in [2.05, 4.69) is 58.9 Å². The summed E-state index contributed by atoms with van der Waals surface area (Å²) in [7, 11) is 5.94. The minimum Gasteiger partial charge on any atom is -0.467 e. The lowest BCUT2D eigenvalue weighted by atomic mass is 10.1. The van der Waals surface area contributed by atoms with Crippen LogP contribution in [-0.2, 0) is 24.4 Å². The molecule has 0 bridgehead atoms. The molecule has 0 aliphatic carbocycles. The quantitative estimate of drug-likeness (QED) is 0.388. The number of ether oxygens (including phenoxy) is 1. The highest BCUT2D eigenvalue weighted by Gasteiger charge is 2.01. The van der Waals surface area contributed by atoms with E-state index in [1.807, 2.05) is 12.1 Å². The van der Waals surface area contributed by atoms with Gasteiger partial charge in [-0.05, 0) is 43.8 Å². The highest BCUT2D eigenvalue weighted by atomic mass is 16.5. The van der Waals surface area contributed by atoms with E-state index in [9.17, 15) is 0 Å². The molecule has 1 aromatic carbocycles. The maximum atomic E-state index is 5.57. The minimum atomic E-state index is 0.517. The summed E-state index contributed by atoms with van der Waals surface area (Å²) in [6.07, 6.45) is 2.56. The third-order valence-electron chi connectivity index (χ3n) is 3.76. The Morgan fingerprint density at radius 2 is 2.00 bits per heavy atom. The Labute approximate surface area is 156 Å². The summed E-state index contributed by atoms with van der Waals surface area (Å²) in [5.74, 6) is 1.65. The zero-order chi connectivity index (χ0) is 18.6. The summed E-state index contributed by atoms with van der Waals surface area (Å²) in [4.78, 5) is 6.43. The first-order chi connectivity index (χ1) is 12.7. The Bertz CT molecular complexity index is 654. The first-order valence-corrected chi connectivity index (χ1v) is 8.94. The SMILES string of the molecule is CN=C(NCCCOCc1ccco1)NCc1cccc(CN(C)C)c1. The number of rotatable bonds is 10. The van der Waals surface area contributed by atoms with Gasteiger partial charge in [0, 0.05) is 33.3 Å². The van der Waals surface area contributed by atoms with E-state index in [-0.39, 0.29) is 0 Å². The van der Waals surface area contributed by atoms with E-state index in [0.717, 1.165) is 37.8 Å². The van der Waals surface area contributed by atoms with Crippen molar-refractivity contribution in [1.29, 1.82) is 0 Å². The molecule has 0 spiro atoms. The van der Waals surface area contributed by atoms with Gasteiger partial charge in [0.05, 0.1) is 6.26 Å². The van der Waals surface area contributed by atoms with Gasteiger partial charge in [-0.25, -0.2) is 0 Å². The Morgan fingerprint density at radius 1 is 1.15 bits per heavy atom. The average Bonchev–Trinajstić information content (AvgIpc) is 3.13. The molecule has 0 saturated carbocycles. The fraction of sp³-hybridized carbons (Fsp3) is 0.450. The van der Waals surface area contributed by atoms with Crippen LogP contribution in [0.4, 0.5) is 0 Å². The molecular weight excluding hydrogens is 328 g/mol. The number of benzene rings is 1. The van der Waals surface area contributed by atoms with Crippen molar-refractivity contribution >= 4 is 5.96 Å². The van der Waals surface area contributed by atoms with Crippen molar-refractivity contribution in [2.45, 2.75) is 26.1 Å². The number of hydrogen-bond donors (Lipinski definition) is 2. The molecule has 6 nitrogen and oxygen atoms in total. The summed E-state index contributed by atoms with van der Waals surface area (Å²) in [6, 6.07) is 12.4. The fourth-order valence-corrected chi connectivity index (χ4v) is 2.56. The van der Waals surface area contributed by atoms with Gasteiger partial charge < -0.3 is 24.7 Å². The van der Waals surface area contributed by atoms with Crippen molar-refractivity contribution in [3.05, 3.63) is 59.5 Å². The summed E-state index contributed by atoms with van der Waals surface area (Å²) in [5, 5.41) is 6.66. The molecule has 142 valence electrons. The van der Waals surface area contributed by atoms with Gasteiger partial charge in [0.25, 0.3) is 0 Å². The first-order valence-electron chi connectivity index (χ1n) is 8.94. The lowest BCUT2D eigenvalue weighted by Crippen LogP contribution is -2.37. The summed E-state index contributed by atoms with van der Waals surface area (Å²) in [5.41, 5.74) is 2.56. The number of nitrogens with zero attached hydrogens (tertiary/aromatic N) is 2. The van der Waals surface area contributed by atoms with Crippen LogP contribution in [0.5, 0.6) is 0 Å². The van der Waals surface area contributed by atoms with E-state index in [0.29, 0.717) is 13.2 Å². The molecule has 0 radical (unpaired) electrons. The number of aliphatic imine (C=N–C) groups is 1. The zero-order valence-electron chi connectivity index (χ0n) is 16.0. The number of furan rings is 1. The van der Waals surface area contributed by atoms with Crippen molar-refractivity contribution in [1.82, 2.24) is 15.5 Å². The second-order valence-electron chi connectivity index (χ2n) is 6.40. The van der Waals surface area contributed by atoms with Crippen LogP contribution in [0.15, 0.2) is 52.1 Å². The largest absolute Gasteiger partial charge is 0.467 e. The second-order valence-corrected chi connectivity index (χ2v) is 6.40. The van der Waals surface area contributed by atoms with Crippen molar-refractivity contribution in [2.24, 2.45) is 4.99 Å². The molecular formula is C20H30N4O2. The van der Waals surface area contributed by atoms with E-state index in [4.69, 9.17) is 9.15 Å². The predicted octanol–water partition coefficient (Wildman–Crippen LogP) is 2.61. The Hall–Kier alpha value is -2.31.